The number of aromatic hydroxyl groups is 2. The van der Waals surface area contributed by atoms with Crippen molar-refractivity contribution in [2.45, 2.75) is 91.1 Å². The Morgan fingerprint density at radius 3 is 2.41 bits per heavy atom. The predicted molar refractivity (Wildman–Crippen MR) is 163 cm³/mol. The molecule has 4 aliphatic carbocycles. The SMILES string of the molecule is Cc1c(O)c(O)cc2c1C(OPOc1ccccc1)C=C1C2(C)CCC2C3CC(C)CCC3(C)CCC12C.O=CO. The molecule has 0 aromatic heterocycles. The molecule has 222 valence electrons. The lowest BCUT2D eigenvalue weighted by molar-refractivity contribution is -0.122. The first-order chi connectivity index (χ1) is 19.5. The molecule has 2 aromatic carbocycles. The van der Waals surface area contributed by atoms with E-state index in [9.17, 15) is 10.2 Å². The van der Waals surface area contributed by atoms with E-state index < -0.39 is 0 Å². The highest BCUT2D eigenvalue weighted by molar-refractivity contribution is 7.26. The van der Waals surface area contributed by atoms with Crippen molar-refractivity contribution in [3.8, 4) is 17.2 Å². The minimum atomic E-state index is -0.323. The maximum absolute atomic E-state index is 10.8. The predicted octanol–water partition coefficient (Wildman–Crippen LogP) is 8.60. The summed E-state index contributed by atoms with van der Waals surface area (Å²) in [6, 6.07) is 11.6. The van der Waals surface area contributed by atoms with Gasteiger partial charge in [-0.1, -0.05) is 64.0 Å². The van der Waals surface area contributed by atoms with Crippen molar-refractivity contribution in [2.24, 2.45) is 28.6 Å². The van der Waals surface area contributed by atoms with Gasteiger partial charge in [-0.2, -0.15) is 0 Å². The van der Waals surface area contributed by atoms with Gasteiger partial charge in [-0.05, 0) is 103 Å². The van der Waals surface area contributed by atoms with Crippen molar-refractivity contribution in [3.05, 3.63) is 64.7 Å². The molecule has 0 spiro atoms. The van der Waals surface area contributed by atoms with Crippen molar-refractivity contribution < 1.29 is 29.2 Å². The molecule has 7 heteroatoms. The first-order valence-corrected chi connectivity index (χ1v) is 15.8. The van der Waals surface area contributed by atoms with Gasteiger partial charge in [0.05, 0.1) is 0 Å². The Kier molecular flexibility index (Phi) is 8.22. The van der Waals surface area contributed by atoms with Crippen LogP contribution in [0, 0.1) is 35.5 Å². The second-order valence-corrected chi connectivity index (χ2v) is 14.2. The van der Waals surface area contributed by atoms with E-state index in [-0.39, 0.29) is 43.9 Å². The smallest absolute Gasteiger partial charge is 0.290 e. The van der Waals surface area contributed by atoms with Gasteiger partial charge in [-0.3, -0.25) is 4.79 Å². The van der Waals surface area contributed by atoms with Crippen LogP contribution in [0.2, 0.25) is 0 Å². The summed E-state index contributed by atoms with van der Waals surface area (Å²) in [7, 11) is -0.172. The van der Waals surface area contributed by atoms with E-state index in [1.807, 2.05) is 43.3 Å². The zero-order chi connectivity index (χ0) is 29.6. The molecule has 3 saturated carbocycles. The normalized spacial score (nSPS) is 35.6. The van der Waals surface area contributed by atoms with Gasteiger partial charge in [0, 0.05) is 11.0 Å². The summed E-state index contributed by atoms with van der Waals surface area (Å²) in [6.45, 7) is 11.6. The van der Waals surface area contributed by atoms with E-state index in [1.165, 1.54) is 44.1 Å². The van der Waals surface area contributed by atoms with Crippen LogP contribution in [0.3, 0.4) is 0 Å². The Morgan fingerprint density at radius 2 is 1.71 bits per heavy atom. The van der Waals surface area contributed by atoms with E-state index in [0.29, 0.717) is 16.9 Å². The molecule has 8 unspecified atom stereocenters. The van der Waals surface area contributed by atoms with Crippen LogP contribution >= 0.6 is 9.03 Å². The Bertz CT molecular complexity index is 1310. The van der Waals surface area contributed by atoms with Gasteiger partial charge in [0.2, 0.25) is 9.03 Å². The fourth-order valence-electron chi connectivity index (χ4n) is 9.02. The van der Waals surface area contributed by atoms with Crippen LogP contribution in [0.25, 0.3) is 0 Å². The highest BCUT2D eigenvalue weighted by Gasteiger charge is 2.60. The molecular formula is C34H45O6P. The fraction of sp³-hybridized carbons (Fsp3) is 0.559. The number of carbonyl (C=O) groups is 1. The Hall–Kier alpha value is -2.56. The van der Waals surface area contributed by atoms with Gasteiger partial charge in [0.15, 0.2) is 11.5 Å². The lowest BCUT2D eigenvalue weighted by Gasteiger charge is -2.64. The summed E-state index contributed by atoms with van der Waals surface area (Å²) >= 11 is 0. The number of hydrogen-bond donors (Lipinski definition) is 3. The van der Waals surface area contributed by atoms with Gasteiger partial charge in [-0.25, -0.2) is 0 Å². The molecule has 0 heterocycles. The van der Waals surface area contributed by atoms with Crippen molar-refractivity contribution in [1.82, 2.24) is 0 Å². The third-order valence-corrected chi connectivity index (χ3v) is 12.0. The average molecular weight is 581 g/mol. The van der Waals surface area contributed by atoms with Crippen LogP contribution < -0.4 is 4.52 Å². The van der Waals surface area contributed by atoms with Crippen molar-refractivity contribution >= 4 is 15.5 Å². The highest BCUT2D eigenvalue weighted by Crippen LogP contribution is 2.69. The lowest BCUT2D eigenvalue weighted by atomic mass is 9.41. The van der Waals surface area contributed by atoms with Gasteiger partial charge in [0.25, 0.3) is 6.47 Å². The van der Waals surface area contributed by atoms with Crippen LogP contribution in [0.15, 0.2) is 48.0 Å². The maximum atomic E-state index is 10.8. The zero-order valence-corrected chi connectivity index (χ0v) is 25.9. The van der Waals surface area contributed by atoms with E-state index in [0.717, 1.165) is 35.1 Å². The Balaban J connectivity index is 0.00000108. The third-order valence-electron chi connectivity index (χ3n) is 11.3. The van der Waals surface area contributed by atoms with Crippen LogP contribution in [0.5, 0.6) is 17.2 Å². The fourth-order valence-corrected chi connectivity index (χ4v) is 9.59. The zero-order valence-electron chi connectivity index (χ0n) is 24.9. The number of rotatable bonds is 4. The summed E-state index contributed by atoms with van der Waals surface area (Å²) in [6.07, 6.45) is 10.9. The number of fused-ring (bicyclic) bond motifs is 7. The Labute approximate surface area is 246 Å². The summed E-state index contributed by atoms with van der Waals surface area (Å²) in [5.41, 5.74) is 4.65. The molecular weight excluding hydrogens is 535 g/mol. The molecule has 0 aliphatic heterocycles. The Morgan fingerprint density at radius 1 is 1.00 bits per heavy atom. The molecule has 0 bridgehead atoms. The van der Waals surface area contributed by atoms with Crippen LogP contribution in [0.1, 0.15) is 95.4 Å². The van der Waals surface area contributed by atoms with E-state index in [1.54, 1.807) is 0 Å². The minimum Gasteiger partial charge on any atom is -0.504 e. The average Bonchev–Trinajstić information content (AvgIpc) is 2.94. The third kappa shape index (κ3) is 5.06. The van der Waals surface area contributed by atoms with Gasteiger partial charge < -0.3 is 24.4 Å². The summed E-state index contributed by atoms with van der Waals surface area (Å²) < 4.78 is 12.5. The number of phenols is 2. The highest BCUT2D eigenvalue weighted by atomic mass is 31.1. The summed E-state index contributed by atoms with van der Waals surface area (Å²) in [5, 5.41) is 28.4. The summed E-state index contributed by atoms with van der Waals surface area (Å²) in [4.78, 5) is 8.36. The standard InChI is InChI=1S/C33H43O4P.CH2O2/c1-20-11-13-31(3)15-16-33(5)23(24(31)17-20)12-14-32(4)25-18-26(34)30(35)21(2)29(25)27(19-28(32)33)37-38-36-22-9-7-6-8-10-22;2-1-3/h6-10,18-20,23-24,27,34-35,38H,11-17H2,1-5H3;1H,(H,2,3). The van der Waals surface area contributed by atoms with Gasteiger partial charge >= 0.3 is 0 Å². The molecule has 0 amide bonds. The molecule has 3 fully saturated rings. The molecule has 6 rings (SSSR count). The van der Waals surface area contributed by atoms with Crippen molar-refractivity contribution in [1.29, 1.82) is 0 Å². The monoisotopic (exact) mass is 580 g/mol. The molecule has 3 N–H and O–H groups in total. The topological polar surface area (TPSA) is 96.2 Å². The quantitative estimate of drug-likeness (QED) is 0.145. The number of carboxylic acid groups (broad SMARTS) is 1. The molecule has 8 atom stereocenters. The van der Waals surface area contributed by atoms with Gasteiger partial charge in [0.1, 0.15) is 11.9 Å². The number of benzene rings is 2. The molecule has 41 heavy (non-hydrogen) atoms. The van der Waals surface area contributed by atoms with E-state index in [4.69, 9.17) is 18.9 Å². The minimum absolute atomic E-state index is 0.0324. The number of allylic oxidation sites excluding steroid dienone is 1. The first kappa shape index (κ1) is 29.9. The maximum Gasteiger partial charge on any atom is 0.290 e. The van der Waals surface area contributed by atoms with Crippen molar-refractivity contribution in [3.63, 3.8) is 0 Å². The van der Waals surface area contributed by atoms with Crippen LogP contribution in [-0.2, 0) is 14.7 Å². The largest absolute Gasteiger partial charge is 0.504 e. The number of phenolic OH excluding ortho intramolecular Hbond substituents is 2. The number of para-hydroxylation sites is 1. The first-order valence-electron chi connectivity index (χ1n) is 15.0. The van der Waals surface area contributed by atoms with Gasteiger partial charge in [-0.15, -0.1) is 0 Å². The van der Waals surface area contributed by atoms with Crippen LogP contribution in [0.4, 0.5) is 0 Å². The second-order valence-electron chi connectivity index (χ2n) is 13.6. The van der Waals surface area contributed by atoms with E-state index in [2.05, 4.69) is 33.8 Å². The van der Waals surface area contributed by atoms with Crippen LogP contribution in [-0.4, -0.2) is 21.8 Å². The molecule has 0 radical (unpaired) electrons. The van der Waals surface area contributed by atoms with E-state index >= 15 is 0 Å². The van der Waals surface area contributed by atoms with Crippen molar-refractivity contribution in [2.75, 3.05) is 0 Å². The summed E-state index contributed by atoms with van der Waals surface area (Å²) in [5.74, 6) is 2.94. The molecule has 0 saturated heterocycles. The second kappa shape index (κ2) is 11.3. The lowest BCUT2D eigenvalue weighted by Crippen LogP contribution is -2.56. The number of hydrogen-bond acceptors (Lipinski definition) is 5. The molecule has 2 aromatic rings. The molecule has 4 aliphatic rings. The molecule has 6 nitrogen and oxygen atoms in total.